The molecule has 0 aromatic heterocycles. The minimum Gasteiger partial charge on any atom is -0.272 e. The SMILES string of the molecule is O=C1C2C3C=CC(C2C(=O)N1OS(=O)(=O)C(F)(F)C(F)(F)C(F)(F)C(F)(F)F)C1C(=O)N(OS(=O)(=O)C(F)(F)C(F)(F)C(F)(F)C(F)(F)F)C(=O)C31. The van der Waals surface area contributed by atoms with Gasteiger partial charge in [-0.2, -0.15) is 95.9 Å². The first kappa shape index (κ1) is 41.3. The van der Waals surface area contributed by atoms with E-state index in [0.717, 1.165) is 0 Å². The van der Waals surface area contributed by atoms with E-state index in [2.05, 4.69) is 8.57 Å². The highest BCUT2D eigenvalue weighted by Gasteiger charge is 2.88. The minimum atomic E-state index is -7.97. The Morgan fingerprint density at radius 2 is 0.635 bits per heavy atom. The summed E-state index contributed by atoms with van der Waals surface area (Å²) >= 11 is 0. The molecule has 1 saturated carbocycles. The normalized spacial score (nSPS) is 28.3. The van der Waals surface area contributed by atoms with Gasteiger partial charge in [0.15, 0.2) is 0 Å². The number of hydroxylamine groups is 4. The predicted molar refractivity (Wildman–Crippen MR) is 116 cm³/mol. The zero-order valence-corrected chi connectivity index (χ0v) is 24.8. The van der Waals surface area contributed by atoms with Gasteiger partial charge in [-0.25, -0.2) is 0 Å². The van der Waals surface area contributed by atoms with Crippen LogP contribution in [-0.4, -0.2) is 97.1 Å². The van der Waals surface area contributed by atoms with Gasteiger partial charge >= 0.3 is 66.8 Å². The van der Waals surface area contributed by atoms with Crippen LogP contribution in [0.1, 0.15) is 0 Å². The van der Waals surface area contributed by atoms with E-state index in [1.54, 1.807) is 0 Å². The molecular formula is C20H8F18N2O10S2. The zero-order valence-electron chi connectivity index (χ0n) is 23.2. The molecule has 4 unspecified atom stereocenters. The van der Waals surface area contributed by atoms with Crippen LogP contribution in [0.25, 0.3) is 0 Å². The molecule has 32 heteroatoms. The van der Waals surface area contributed by atoms with Gasteiger partial charge in [-0.1, -0.05) is 12.2 Å². The smallest absolute Gasteiger partial charge is 0.272 e. The Morgan fingerprint density at radius 1 is 0.423 bits per heavy atom. The Balaban J connectivity index is 1.65. The molecule has 12 nitrogen and oxygen atoms in total. The molecule has 52 heavy (non-hydrogen) atoms. The van der Waals surface area contributed by atoms with Crippen molar-refractivity contribution >= 4 is 43.9 Å². The molecule has 4 amide bonds. The van der Waals surface area contributed by atoms with E-state index < -0.39 is 136 Å². The van der Waals surface area contributed by atoms with Gasteiger partial charge in [0, 0.05) is 11.8 Å². The summed E-state index contributed by atoms with van der Waals surface area (Å²) in [5, 5.41) is -18.0. The van der Waals surface area contributed by atoms with Crippen molar-refractivity contribution in [3.63, 3.8) is 0 Å². The monoisotopic (exact) mass is 842 g/mol. The fraction of sp³-hybridized carbons (Fsp3) is 0.700. The van der Waals surface area contributed by atoms with Gasteiger partial charge in [0.25, 0.3) is 23.6 Å². The lowest BCUT2D eigenvalue weighted by Gasteiger charge is -2.44. The number of imide groups is 2. The number of nitrogens with zero attached hydrogens (tertiary/aromatic N) is 2. The van der Waals surface area contributed by atoms with E-state index in [-0.39, 0.29) is 0 Å². The molecule has 3 aliphatic carbocycles. The zero-order chi connectivity index (χ0) is 40.8. The van der Waals surface area contributed by atoms with E-state index >= 15 is 0 Å². The number of carbonyl (C=O) groups excluding carboxylic acids is 4. The van der Waals surface area contributed by atoms with Gasteiger partial charge < -0.3 is 0 Å². The Kier molecular flexibility index (Phi) is 8.80. The lowest BCUT2D eigenvalue weighted by molar-refractivity contribution is -0.383. The quantitative estimate of drug-likeness (QED) is 0.181. The first-order valence-electron chi connectivity index (χ1n) is 12.5. The van der Waals surface area contributed by atoms with Gasteiger partial charge in [-0.15, -0.1) is 18.7 Å². The third kappa shape index (κ3) is 4.97. The number of hydrogen-bond acceptors (Lipinski definition) is 10. The third-order valence-corrected chi connectivity index (χ3v) is 10.6. The standard InChI is InChI=1S/C20H8F18N2O10S2/c21-13(22,17(29,30)31)15(25,26)19(35,36)51(45,46)49-39-9(41)5-3-1-2-4(7(5)11(39)43)8-6(3)10(42)40(12(8)44)50-52(47,48)20(37,38)16(27,28)14(23,24)18(32,33)34/h1-8H. The third-order valence-electron chi connectivity index (χ3n) is 8.13. The summed E-state index contributed by atoms with van der Waals surface area (Å²) in [6, 6.07) is 0. The highest BCUT2D eigenvalue weighted by atomic mass is 32.2. The Morgan fingerprint density at radius 3 is 0.827 bits per heavy atom. The van der Waals surface area contributed by atoms with Crippen molar-refractivity contribution in [3.05, 3.63) is 12.2 Å². The molecule has 0 N–H and O–H groups in total. The largest absolute Gasteiger partial charge is 0.460 e. The average molecular weight is 842 g/mol. The van der Waals surface area contributed by atoms with Crippen molar-refractivity contribution in [1.82, 2.24) is 10.1 Å². The van der Waals surface area contributed by atoms with Gasteiger partial charge in [0.2, 0.25) is 0 Å². The van der Waals surface area contributed by atoms with Crippen molar-refractivity contribution in [1.29, 1.82) is 0 Å². The number of amides is 4. The van der Waals surface area contributed by atoms with Crippen LogP contribution in [0, 0.1) is 35.5 Å². The summed E-state index contributed by atoms with van der Waals surface area (Å²) in [6.45, 7) is 0. The van der Waals surface area contributed by atoms with Crippen LogP contribution in [0.4, 0.5) is 79.0 Å². The molecular weight excluding hydrogens is 834 g/mol. The molecule has 2 bridgehead atoms. The van der Waals surface area contributed by atoms with Crippen LogP contribution < -0.4 is 0 Å². The fourth-order valence-electron chi connectivity index (χ4n) is 5.64. The van der Waals surface area contributed by atoms with Gasteiger partial charge in [-0.05, 0) is 0 Å². The molecule has 2 heterocycles. The molecule has 0 aromatic rings. The van der Waals surface area contributed by atoms with Crippen LogP contribution in [0.15, 0.2) is 12.2 Å². The van der Waals surface area contributed by atoms with E-state index in [0.29, 0.717) is 12.2 Å². The maximum Gasteiger partial charge on any atom is 0.460 e. The number of alkyl halides is 18. The number of halogens is 18. The average Bonchev–Trinajstić information content (AvgIpc) is 3.37. The summed E-state index contributed by atoms with van der Waals surface area (Å²) in [4.78, 5) is 51.6. The highest BCUT2D eigenvalue weighted by molar-refractivity contribution is 7.88. The van der Waals surface area contributed by atoms with Gasteiger partial charge in [0.05, 0.1) is 23.7 Å². The highest BCUT2D eigenvalue weighted by Crippen LogP contribution is 2.60. The predicted octanol–water partition coefficient (Wildman–Crippen LogP) is 3.38. The summed E-state index contributed by atoms with van der Waals surface area (Å²) in [5.41, 5.74) is 0. The number of hydrogen-bond donors (Lipinski definition) is 0. The fourth-order valence-corrected chi connectivity index (χ4v) is 7.40. The van der Waals surface area contributed by atoms with E-state index in [1.165, 1.54) is 0 Å². The van der Waals surface area contributed by atoms with Crippen LogP contribution >= 0.6 is 0 Å². The van der Waals surface area contributed by atoms with Crippen LogP contribution in [0.3, 0.4) is 0 Å². The van der Waals surface area contributed by atoms with Crippen molar-refractivity contribution in [2.75, 3.05) is 0 Å². The number of carbonyl (C=O) groups is 4. The summed E-state index contributed by atoms with van der Waals surface area (Å²) in [5.74, 6) is -55.1. The minimum absolute atomic E-state index is 0.596. The topological polar surface area (TPSA) is 161 Å². The van der Waals surface area contributed by atoms with Crippen LogP contribution in [-0.2, 0) is 48.0 Å². The second kappa shape index (κ2) is 11.1. The Labute approximate surface area is 272 Å². The Hall–Kier alpha value is -3.42. The maximum absolute atomic E-state index is 14.1. The first-order valence-corrected chi connectivity index (χ1v) is 15.4. The molecule has 4 atom stereocenters. The van der Waals surface area contributed by atoms with Crippen molar-refractivity contribution < 1.29 is 124 Å². The van der Waals surface area contributed by atoms with Crippen molar-refractivity contribution in [2.24, 2.45) is 35.5 Å². The van der Waals surface area contributed by atoms with Crippen molar-refractivity contribution in [2.45, 2.75) is 46.6 Å². The second-order valence-electron chi connectivity index (χ2n) is 11.0. The molecule has 2 saturated heterocycles. The Bertz CT molecular complexity index is 1680. The van der Waals surface area contributed by atoms with E-state index in [9.17, 15) is 115 Å². The van der Waals surface area contributed by atoms with Crippen molar-refractivity contribution in [3.8, 4) is 0 Å². The summed E-state index contributed by atoms with van der Waals surface area (Å²) < 4.78 is 293. The first-order chi connectivity index (χ1) is 22.8. The van der Waals surface area contributed by atoms with Gasteiger partial charge in [-0.3, -0.25) is 19.2 Å². The van der Waals surface area contributed by atoms with Crippen LogP contribution in [0.2, 0.25) is 0 Å². The van der Waals surface area contributed by atoms with E-state index in [1.807, 2.05) is 0 Å². The molecule has 3 fully saturated rings. The van der Waals surface area contributed by atoms with Crippen LogP contribution in [0.5, 0.6) is 0 Å². The molecule has 0 spiro atoms. The molecule has 5 aliphatic rings. The summed E-state index contributed by atoms with van der Waals surface area (Å²) in [6.07, 6.45) is -13.9. The summed E-state index contributed by atoms with van der Waals surface area (Å²) in [7, 11) is -15.9. The number of allylic oxidation sites excluding steroid dienone is 2. The molecule has 5 rings (SSSR count). The maximum atomic E-state index is 14.1. The lowest BCUT2D eigenvalue weighted by Crippen LogP contribution is -2.64. The molecule has 0 aromatic carbocycles. The second-order valence-corrected chi connectivity index (χ2v) is 14.1. The van der Waals surface area contributed by atoms with E-state index in [4.69, 9.17) is 0 Å². The number of rotatable bonds is 10. The lowest BCUT2D eigenvalue weighted by atomic mass is 9.54. The molecule has 2 aliphatic heterocycles. The van der Waals surface area contributed by atoms with Gasteiger partial charge in [0.1, 0.15) is 0 Å². The molecule has 296 valence electrons. The molecule has 0 radical (unpaired) electrons.